The number of fused-ring (bicyclic) bond motifs is 1. The van der Waals surface area contributed by atoms with Crippen molar-refractivity contribution >= 4 is 17.4 Å². The quantitative estimate of drug-likeness (QED) is 0.350. The Bertz CT molecular complexity index is 563. The molecule has 0 aliphatic carbocycles. The van der Waals surface area contributed by atoms with Gasteiger partial charge in [0.2, 0.25) is 0 Å². The van der Waals surface area contributed by atoms with Gasteiger partial charge in [0, 0.05) is 17.5 Å². The number of anilines is 1. The molecule has 0 saturated carbocycles. The standard InChI is InChI=1S/C11H10N4O3/c1-15-8-4-7(9(16)5-13-14-12)2-3-10(8)18-6-11(15)17/h2-4H,5-6H2,1H3. The molecular weight excluding hydrogens is 236 g/mol. The lowest BCUT2D eigenvalue weighted by Gasteiger charge is -2.26. The fourth-order valence-corrected chi connectivity index (χ4v) is 1.63. The van der Waals surface area contributed by atoms with E-state index in [1.165, 1.54) is 4.90 Å². The van der Waals surface area contributed by atoms with E-state index >= 15 is 0 Å². The van der Waals surface area contributed by atoms with E-state index in [-0.39, 0.29) is 24.8 Å². The number of hydrogen-bond donors (Lipinski definition) is 0. The zero-order chi connectivity index (χ0) is 13.1. The fourth-order valence-electron chi connectivity index (χ4n) is 1.63. The number of likely N-dealkylation sites (N-methyl/N-ethyl adjacent to an activating group) is 1. The van der Waals surface area contributed by atoms with Gasteiger partial charge in [-0.2, -0.15) is 0 Å². The van der Waals surface area contributed by atoms with Crippen LogP contribution in [-0.2, 0) is 4.79 Å². The van der Waals surface area contributed by atoms with E-state index in [0.29, 0.717) is 17.0 Å². The van der Waals surface area contributed by atoms with E-state index in [0.717, 1.165) is 0 Å². The first-order chi connectivity index (χ1) is 8.63. The van der Waals surface area contributed by atoms with Gasteiger partial charge in [0.05, 0.1) is 12.2 Å². The Morgan fingerprint density at radius 2 is 2.39 bits per heavy atom. The first-order valence-corrected chi connectivity index (χ1v) is 5.21. The molecule has 92 valence electrons. The first kappa shape index (κ1) is 11.9. The zero-order valence-electron chi connectivity index (χ0n) is 9.66. The Hall–Kier alpha value is -2.53. The Morgan fingerprint density at radius 3 is 3.11 bits per heavy atom. The number of rotatable bonds is 3. The molecule has 0 aromatic heterocycles. The summed E-state index contributed by atoms with van der Waals surface area (Å²) >= 11 is 0. The lowest BCUT2D eigenvalue weighted by molar-refractivity contribution is -0.120. The minimum absolute atomic E-state index is 0.00445. The molecule has 0 spiro atoms. The van der Waals surface area contributed by atoms with Gasteiger partial charge in [0.25, 0.3) is 5.91 Å². The highest BCUT2D eigenvalue weighted by Crippen LogP contribution is 2.31. The molecule has 0 N–H and O–H groups in total. The zero-order valence-corrected chi connectivity index (χ0v) is 9.66. The predicted octanol–water partition coefficient (Wildman–Crippen LogP) is 1.53. The van der Waals surface area contributed by atoms with E-state index in [1.54, 1.807) is 25.2 Å². The summed E-state index contributed by atoms with van der Waals surface area (Å²) in [5.41, 5.74) is 9.08. The first-order valence-electron chi connectivity index (χ1n) is 5.21. The topological polar surface area (TPSA) is 95.4 Å². The molecule has 0 unspecified atom stereocenters. The SMILES string of the molecule is CN1C(=O)COc2ccc(C(=O)CN=[N+]=[N-])cc21. The van der Waals surface area contributed by atoms with Crippen molar-refractivity contribution in [1.82, 2.24) is 0 Å². The average molecular weight is 246 g/mol. The Balaban J connectivity index is 2.34. The molecule has 0 saturated heterocycles. The molecule has 1 aliphatic rings. The van der Waals surface area contributed by atoms with Crippen LogP contribution in [0.4, 0.5) is 5.69 Å². The molecule has 0 atom stereocenters. The van der Waals surface area contributed by atoms with Crippen LogP contribution in [0.3, 0.4) is 0 Å². The average Bonchev–Trinajstić information content (AvgIpc) is 2.40. The summed E-state index contributed by atoms with van der Waals surface area (Å²) < 4.78 is 5.24. The van der Waals surface area contributed by atoms with Crippen molar-refractivity contribution in [3.8, 4) is 5.75 Å². The van der Waals surface area contributed by atoms with Gasteiger partial charge in [-0.15, -0.1) is 0 Å². The van der Waals surface area contributed by atoms with Gasteiger partial charge >= 0.3 is 0 Å². The largest absolute Gasteiger partial charge is 0.482 e. The summed E-state index contributed by atoms with van der Waals surface area (Å²) in [6, 6.07) is 4.76. The molecule has 0 fully saturated rings. The highest BCUT2D eigenvalue weighted by Gasteiger charge is 2.23. The number of amides is 1. The molecule has 1 aromatic rings. The maximum atomic E-state index is 11.7. The number of azide groups is 1. The summed E-state index contributed by atoms with van der Waals surface area (Å²) in [5, 5.41) is 3.21. The molecule has 2 rings (SSSR count). The van der Waals surface area contributed by atoms with E-state index in [4.69, 9.17) is 10.3 Å². The minimum atomic E-state index is -0.304. The summed E-state index contributed by atoms with van der Waals surface area (Å²) in [5.74, 6) is 0.0709. The van der Waals surface area contributed by atoms with Gasteiger partial charge in [-0.25, -0.2) is 0 Å². The number of ether oxygens (including phenoxy) is 1. The number of benzene rings is 1. The van der Waals surface area contributed by atoms with Crippen molar-refractivity contribution in [1.29, 1.82) is 0 Å². The lowest BCUT2D eigenvalue weighted by Crippen LogP contribution is -2.35. The van der Waals surface area contributed by atoms with Crippen LogP contribution in [0.5, 0.6) is 5.75 Å². The third-order valence-corrected chi connectivity index (χ3v) is 2.65. The highest BCUT2D eigenvalue weighted by molar-refractivity contribution is 6.02. The summed E-state index contributed by atoms with van der Waals surface area (Å²) in [4.78, 5) is 27.1. The molecule has 18 heavy (non-hydrogen) atoms. The van der Waals surface area contributed by atoms with Crippen LogP contribution in [0.1, 0.15) is 10.4 Å². The third kappa shape index (κ3) is 2.11. The van der Waals surface area contributed by atoms with Crippen molar-refractivity contribution in [3.05, 3.63) is 34.2 Å². The van der Waals surface area contributed by atoms with Crippen LogP contribution in [0.25, 0.3) is 10.4 Å². The molecule has 1 amide bonds. The number of Topliss-reactive ketones (excluding diaryl/α,β-unsaturated/α-hetero) is 1. The van der Waals surface area contributed by atoms with Crippen LogP contribution < -0.4 is 9.64 Å². The Morgan fingerprint density at radius 1 is 1.61 bits per heavy atom. The van der Waals surface area contributed by atoms with Crippen molar-refractivity contribution in [2.45, 2.75) is 0 Å². The third-order valence-electron chi connectivity index (χ3n) is 2.65. The molecule has 1 heterocycles. The summed E-state index contributed by atoms with van der Waals surface area (Å²) in [6.07, 6.45) is 0. The van der Waals surface area contributed by atoms with Gasteiger partial charge in [-0.1, -0.05) is 5.11 Å². The number of hydrogen-bond acceptors (Lipinski definition) is 4. The Kier molecular flexibility index (Phi) is 3.16. The number of nitrogens with zero attached hydrogens (tertiary/aromatic N) is 4. The van der Waals surface area contributed by atoms with Gasteiger partial charge in [-0.05, 0) is 23.7 Å². The van der Waals surface area contributed by atoms with Crippen LogP contribution in [0.15, 0.2) is 23.3 Å². The van der Waals surface area contributed by atoms with Crippen molar-refractivity contribution in [3.63, 3.8) is 0 Å². The summed E-state index contributed by atoms with van der Waals surface area (Å²) in [7, 11) is 1.62. The molecule has 1 aromatic carbocycles. The normalized spacial score (nSPS) is 13.4. The number of ketones is 1. The van der Waals surface area contributed by atoms with E-state index in [1.807, 2.05) is 0 Å². The monoisotopic (exact) mass is 246 g/mol. The molecule has 7 heteroatoms. The second-order valence-electron chi connectivity index (χ2n) is 3.74. The molecular formula is C11H10N4O3. The number of carbonyl (C=O) groups excluding carboxylic acids is 2. The van der Waals surface area contributed by atoms with Crippen LogP contribution >= 0.6 is 0 Å². The minimum Gasteiger partial charge on any atom is -0.482 e. The van der Waals surface area contributed by atoms with E-state index in [9.17, 15) is 9.59 Å². The maximum absolute atomic E-state index is 11.7. The van der Waals surface area contributed by atoms with Crippen molar-refractivity contribution < 1.29 is 14.3 Å². The van der Waals surface area contributed by atoms with Gasteiger partial charge in [-0.3, -0.25) is 9.59 Å². The molecule has 7 nitrogen and oxygen atoms in total. The predicted molar refractivity (Wildman–Crippen MR) is 63.7 cm³/mol. The van der Waals surface area contributed by atoms with Crippen molar-refractivity contribution in [2.24, 2.45) is 5.11 Å². The van der Waals surface area contributed by atoms with Crippen molar-refractivity contribution in [2.75, 3.05) is 25.1 Å². The molecule has 0 radical (unpaired) electrons. The van der Waals surface area contributed by atoms with Crippen LogP contribution in [-0.4, -0.2) is 31.9 Å². The van der Waals surface area contributed by atoms with E-state index in [2.05, 4.69) is 10.0 Å². The Labute approximate surface area is 103 Å². The smallest absolute Gasteiger partial charge is 0.264 e. The number of carbonyl (C=O) groups is 2. The van der Waals surface area contributed by atoms with Gasteiger partial charge in [0.1, 0.15) is 5.75 Å². The maximum Gasteiger partial charge on any atom is 0.264 e. The van der Waals surface area contributed by atoms with Crippen LogP contribution in [0, 0.1) is 0 Å². The summed E-state index contributed by atoms with van der Waals surface area (Å²) in [6.45, 7) is -0.247. The van der Waals surface area contributed by atoms with Gasteiger partial charge in [0.15, 0.2) is 12.4 Å². The molecule has 1 aliphatic heterocycles. The van der Waals surface area contributed by atoms with Gasteiger partial charge < -0.3 is 9.64 Å². The lowest BCUT2D eigenvalue weighted by atomic mass is 10.1. The second-order valence-corrected chi connectivity index (χ2v) is 3.74. The second kappa shape index (κ2) is 4.77. The molecule has 0 bridgehead atoms. The highest BCUT2D eigenvalue weighted by atomic mass is 16.5. The van der Waals surface area contributed by atoms with Crippen LogP contribution in [0.2, 0.25) is 0 Å². The fraction of sp³-hybridized carbons (Fsp3) is 0.273. The van der Waals surface area contributed by atoms with E-state index < -0.39 is 0 Å².